The fourth-order valence-electron chi connectivity index (χ4n) is 2.52. The Morgan fingerprint density at radius 1 is 1.33 bits per heavy atom. The number of hydrogen-bond donors (Lipinski definition) is 0. The van der Waals surface area contributed by atoms with Crippen molar-refractivity contribution in [1.82, 2.24) is 0 Å². The summed E-state index contributed by atoms with van der Waals surface area (Å²) in [5.41, 5.74) is -1.21. The molecule has 0 amide bonds. The van der Waals surface area contributed by atoms with Gasteiger partial charge in [-0.2, -0.15) is 0 Å². The van der Waals surface area contributed by atoms with Crippen molar-refractivity contribution in [2.45, 2.75) is 38.6 Å². The van der Waals surface area contributed by atoms with Crippen LogP contribution in [-0.4, -0.2) is 16.2 Å². The number of carbonyl (C=O) groups is 1. The van der Waals surface area contributed by atoms with Crippen molar-refractivity contribution < 1.29 is 9.72 Å². The Morgan fingerprint density at radius 3 is 2.33 bits per heavy atom. The first-order valence-corrected chi connectivity index (χ1v) is 6.04. The van der Waals surface area contributed by atoms with Gasteiger partial charge in [0.1, 0.15) is 0 Å². The SMILES string of the molecule is CC(C)(C)C(=O)[C@]1([N+](=O)[O-])C[C@H]1c1ccccc1. The molecule has 2 rings (SSSR count). The monoisotopic (exact) mass is 247 g/mol. The van der Waals surface area contributed by atoms with Crippen LogP contribution >= 0.6 is 0 Å². The van der Waals surface area contributed by atoms with Crippen LogP contribution in [-0.2, 0) is 4.79 Å². The third kappa shape index (κ3) is 1.82. The normalized spacial score (nSPS) is 26.7. The molecule has 1 aromatic rings. The fourth-order valence-corrected chi connectivity index (χ4v) is 2.52. The van der Waals surface area contributed by atoms with E-state index in [9.17, 15) is 14.9 Å². The molecule has 96 valence electrons. The van der Waals surface area contributed by atoms with Crippen LogP contribution in [0.15, 0.2) is 30.3 Å². The van der Waals surface area contributed by atoms with E-state index in [0.29, 0.717) is 6.42 Å². The molecule has 0 saturated heterocycles. The van der Waals surface area contributed by atoms with Crippen molar-refractivity contribution in [2.24, 2.45) is 5.41 Å². The summed E-state index contributed by atoms with van der Waals surface area (Å²) < 4.78 is 0. The Bertz CT molecular complexity index is 490. The lowest BCUT2D eigenvalue weighted by Crippen LogP contribution is -2.41. The van der Waals surface area contributed by atoms with Crippen molar-refractivity contribution in [2.75, 3.05) is 0 Å². The maximum Gasteiger partial charge on any atom is 0.287 e. The summed E-state index contributed by atoms with van der Waals surface area (Å²) in [6, 6.07) is 9.27. The highest BCUT2D eigenvalue weighted by atomic mass is 16.6. The van der Waals surface area contributed by atoms with Crippen molar-refractivity contribution in [3.05, 3.63) is 46.0 Å². The van der Waals surface area contributed by atoms with Crippen molar-refractivity contribution in [1.29, 1.82) is 0 Å². The number of nitro groups is 1. The van der Waals surface area contributed by atoms with Gasteiger partial charge in [0.15, 0.2) is 0 Å². The van der Waals surface area contributed by atoms with E-state index in [1.165, 1.54) is 0 Å². The van der Waals surface area contributed by atoms with E-state index in [2.05, 4.69) is 0 Å². The molecular weight excluding hydrogens is 230 g/mol. The average Bonchev–Trinajstić information content (AvgIpc) is 3.04. The summed E-state index contributed by atoms with van der Waals surface area (Å²) in [7, 11) is 0. The largest absolute Gasteiger partial charge is 0.291 e. The minimum absolute atomic E-state index is 0.270. The zero-order valence-electron chi connectivity index (χ0n) is 10.8. The van der Waals surface area contributed by atoms with Crippen LogP contribution in [0.4, 0.5) is 0 Å². The van der Waals surface area contributed by atoms with Crippen LogP contribution in [0.3, 0.4) is 0 Å². The predicted molar refractivity (Wildman–Crippen MR) is 68.0 cm³/mol. The van der Waals surface area contributed by atoms with Gasteiger partial charge < -0.3 is 0 Å². The zero-order chi connectivity index (χ0) is 13.6. The number of Topliss-reactive ketones (excluding diaryl/α,β-unsaturated/α-hetero) is 1. The number of hydrogen-bond acceptors (Lipinski definition) is 3. The molecule has 0 radical (unpaired) electrons. The summed E-state index contributed by atoms with van der Waals surface area (Å²) in [4.78, 5) is 23.3. The first-order valence-electron chi connectivity index (χ1n) is 6.04. The van der Waals surface area contributed by atoms with Crippen LogP contribution in [0.25, 0.3) is 0 Å². The topological polar surface area (TPSA) is 60.2 Å². The summed E-state index contributed by atoms with van der Waals surface area (Å²) in [5, 5.41) is 11.3. The standard InChI is InChI=1S/C14H17NO3/c1-13(2,3)12(16)14(15(17)18)9-11(14)10-7-5-4-6-8-10/h4-8,11H,9H2,1-3H3/t11-,14-/m0/s1. The van der Waals surface area contributed by atoms with Gasteiger partial charge in [0.2, 0.25) is 5.78 Å². The van der Waals surface area contributed by atoms with Gasteiger partial charge in [-0.1, -0.05) is 51.1 Å². The van der Waals surface area contributed by atoms with Crippen LogP contribution in [0.5, 0.6) is 0 Å². The van der Waals surface area contributed by atoms with Crippen LogP contribution in [0, 0.1) is 15.5 Å². The molecule has 0 aliphatic heterocycles. The minimum atomic E-state index is -1.40. The first-order chi connectivity index (χ1) is 8.30. The molecule has 0 spiro atoms. The molecule has 0 bridgehead atoms. The van der Waals surface area contributed by atoms with Crippen LogP contribution in [0.2, 0.25) is 0 Å². The third-order valence-corrected chi connectivity index (χ3v) is 3.53. The van der Waals surface area contributed by atoms with Gasteiger partial charge >= 0.3 is 0 Å². The summed E-state index contributed by atoms with van der Waals surface area (Å²) >= 11 is 0. The smallest absolute Gasteiger partial charge is 0.287 e. The molecule has 1 aliphatic carbocycles. The van der Waals surface area contributed by atoms with Gasteiger partial charge in [-0.3, -0.25) is 14.9 Å². The molecule has 1 saturated carbocycles. The van der Waals surface area contributed by atoms with Gasteiger partial charge in [-0.05, 0) is 5.56 Å². The Labute approximate surface area is 106 Å². The fraction of sp³-hybridized carbons (Fsp3) is 0.500. The average molecular weight is 247 g/mol. The van der Waals surface area contributed by atoms with E-state index in [4.69, 9.17) is 0 Å². The van der Waals surface area contributed by atoms with E-state index < -0.39 is 15.9 Å². The lowest BCUT2D eigenvalue weighted by molar-refractivity contribution is -0.524. The Kier molecular flexibility index (Phi) is 2.76. The van der Waals surface area contributed by atoms with E-state index in [-0.39, 0.29) is 11.7 Å². The second-order valence-corrected chi connectivity index (χ2v) is 5.93. The van der Waals surface area contributed by atoms with E-state index in [1.54, 1.807) is 20.8 Å². The lowest BCUT2D eigenvalue weighted by atomic mass is 9.83. The maximum atomic E-state index is 12.3. The van der Waals surface area contributed by atoms with Gasteiger partial charge in [0, 0.05) is 16.8 Å². The molecule has 0 aromatic heterocycles. The van der Waals surface area contributed by atoms with Gasteiger partial charge in [0.25, 0.3) is 5.54 Å². The predicted octanol–water partition coefficient (Wildman–Crippen LogP) is 2.80. The van der Waals surface area contributed by atoms with Gasteiger partial charge in [-0.25, -0.2) is 0 Å². The Morgan fingerprint density at radius 2 is 1.89 bits per heavy atom. The molecule has 0 unspecified atom stereocenters. The molecule has 4 heteroatoms. The lowest BCUT2D eigenvalue weighted by Gasteiger charge is -2.19. The molecule has 1 aliphatic rings. The van der Waals surface area contributed by atoms with Gasteiger partial charge in [0.05, 0.1) is 5.92 Å². The van der Waals surface area contributed by atoms with Gasteiger partial charge in [-0.15, -0.1) is 0 Å². The van der Waals surface area contributed by atoms with Crippen LogP contribution in [0.1, 0.15) is 38.7 Å². The van der Waals surface area contributed by atoms with Crippen molar-refractivity contribution in [3.8, 4) is 0 Å². The maximum absolute atomic E-state index is 12.3. The molecule has 2 atom stereocenters. The second kappa shape index (κ2) is 3.90. The first kappa shape index (κ1) is 12.7. The highest BCUT2D eigenvalue weighted by Gasteiger charge is 2.73. The summed E-state index contributed by atoms with van der Waals surface area (Å²) in [6.45, 7) is 5.21. The highest BCUT2D eigenvalue weighted by Crippen LogP contribution is 2.56. The number of carbonyl (C=O) groups excluding carboxylic acids is 1. The summed E-state index contributed by atoms with van der Waals surface area (Å²) in [5.74, 6) is -0.547. The molecule has 0 N–H and O–H groups in total. The minimum Gasteiger partial charge on any atom is -0.291 e. The van der Waals surface area contributed by atoms with Crippen LogP contribution < -0.4 is 0 Å². The quantitative estimate of drug-likeness (QED) is 0.609. The van der Waals surface area contributed by atoms with E-state index in [1.807, 2.05) is 30.3 Å². The number of rotatable bonds is 3. The molecule has 18 heavy (non-hydrogen) atoms. The molecule has 4 nitrogen and oxygen atoms in total. The molecule has 1 fully saturated rings. The van der Waals surface area contributed by atoms with Crippen molar-refractivity contribution >= 4 is 5.78 Å². The van der Waals surface area contributed by atoms with Crippen molar-refractivity contribution in [3.63, 3.8) is 0 Å². The van der Waals surface area contributed by atoms with E-state index in [0.717, 1.165) is 5.56 Å². The zero-order valence-corrected chi connectivity index (χ0v) is 10.8. The molecular formula is C14H17NO3. The molecule has 1 aromatic carbocycles. The Hall–Kier alpha value is -1.71. The Balaban J connectivity index is 2.35. The molecule has 0 heterocycles. The number of benzene rings is 1. The third-order valence-electron chi connectivity index (χ3n) is 3.53. The number of nitrogens with zero attached hydrogens (tertiary/aromatic N) is 1. The second-order valence-electron chi connectivity index (χ2n) is 5.93. The highest BCUT2D eigenvalue weighted by molar-refractivity contribution is 5.95. The summed E-state index contributed by atoms with van der Waals surface area (Å²) in [6.07, 6.45) is 0.320. The van der Waals surface area contributed by atoms with E-state index >= 15 is 0 Å². The number of ketones is 1.